The van der Waals surface area contributed by atoms with Crippen LogP contribution in [0.2, 0.25) is 0 Å². The Labute approximate surface area is 147 Å². The summed E-state index contributed by atoms with van der Waals surface area (Å²) in [6.45, 7) is 4.00. The number of nitrogens with zero attached hydrogens (tertiary/aromatic N) is 2. The number of halogens is 3. The minimum absolute atomic E-state index is 0. The molecule has 1 heterocycles. The van der Waals surface area contributed by atoms with Gasteiger partial charge in [-0.15, -0.1) is 13.2 Å². The van der Waals surface area contributed by atoms with Crippen molar-refractivity contribution < 1.29 is 28.9 Å². The summed E-state index contributed by atoms with van der Waals surface area (Å²) in [5, 5.41) is 3.94. The van der Waals surface area contributed by atoms with Crippen molar-refractivity contribution in [2.45, 2.75) is 20.2 Å². The van der Waals surface area contributed by atoms with E-state index in [-0.39, 0.29) is 16.7 Å². The van der Waals surface area contributed by atoms with Gasteiger partial charge in [0.05, 0.1) is 5.52 Å². The number of benzene rings is 2. The van der Waals surface area contributed by atoms with Crippen LogP contribution < -0.4 is 10.1 Å². The topological polar surface area (TPSA) is 110 Å². The first-order valence-electron chi connectivity index (χ1n) is 7.16. The van der Waals surface area contributed by atoms with E-state index < -0.39 is 6.36 Å². The third-order valence-electron chi connectivity index (χ3n) is 3.60. The van der Waals surface area contributed by atoms with Gasteiger partial charge >= 0.3 is 6.36 Å². The van der Waals surface area contributed by atoms with Crippen LogP contribution in [0.25, 0.3) is 10.9 Å². The highest BCUT2D eigenvalue weighted by atomic mass is 19.4. The lowest BCUT2D eigenvalue weighted by molar-refractivity contribution is -0.274. The average molecular weight is 369 g/mol. The zero-order valence-corrected chi connectivity index (χ0v) is 14.0. The Kier molecular flexibility index (Phi) is 6.49. The highest BCUT2D eigenvalue weighted by Crippen LogP contribution is 2.28. The maximum atomic E-state index is 12.2. The largest absolute Gasteiger partial charge is 0.573 e. The standard InChI is InChI=1S/C17H14F3N3O.2H2O/c1-10-7-14-15(8-11(10)2)21-9-22-16(14)23-12-3-5-13(6-4-12)24-17(18,19)20;;/h3-9H,1-2H3,(H,21,22,23);2*1H2. The summed E-state index contributed by atoms with van der Waals surface area (Å²) in [4.78, 5) is 8.47. The predicted octanol–water partition coefficient (Wildman–Crippen LogP) is 3.24. The van der Waals surface area contributed by atoms with E-state index in [2.05, 4.69) is 20.0 Å². The third kappa shape index (κ3) is 4.80. The lowest BCUT2D eigenvalue weighted by Crippen LogP contribution is -2.16. The summed E-state index contributed by atoms with van der Waals surface area (Å²) in [5.41, 5.74) is 3.63. The lowest BCUT2D eigenvalue weighted by Gasteiger charge is -2.12. The summed E-state index contributed by atoms with van der Waals surface area (Å²) in [6, 6.07) is 9.43. The van der Waals surface area contributed by atoms with Crippen LogP contribution in [-0.4, -0.2) is 27.3 Å². The fourth-order valence-electron chi connectivity index (χ4n) is 2.29. The van der Waals surface area contributed by atoms with Gasteiger partial charge in [0, 0.05) is 11.1 Å². The van der Waals surface area contributed by atoms with Gasteiger partial charge in [0.1, 0.15) is 17.9 Å². The zero-order valence-electron chi connectivity index (χ0n) is 14.0. The summed E-state index contributed by atoms with van der Waals surface area (Å²) in [6.07, 6.45) is -3.26. The van der Waals surface area contributed by atoms with E-state index in [1.807, 2.05) is 26.0 Å². The first-order valence-corrected chi connectivity index (χ1v) is 7.16. The summed E-state index contributed by atoms with van der Waals surface area (Å²) in [7, 11) is 0. The molecular weight excluding hydrogens is 351 g/mol. The van der Waals surface area contributed by atoms with E-state index in [1.54, 1.807) is 0 Å². The fourth-order valence-corrected chi connectivity index (χ4v) is 2.29. The van der Waals surface area contributed by atoms with Crippen LogP contribution in [-0.2, 0) is 0 Å². The number of alkyl halides is 3. The number of anilines is 2. The Balaban J connectivity index is 0.00000169. The van der Waals surface area contributed by atoms with Gasteiger partial charge in [-0.1, -0.05) is 0 Å². The lowest BCUT2D eigenvalue weighted by atomic mass is 10.1. The van der Waals surface area contributed by atoms with Gasteiger partial charge < -0.3 is 21.0 Å². The second kappa shape index (κ2) is 7.98. The first-order chi connectivity index (χ1) is 11.3. The molecule has 0 saturated carbocycles. The molecule has 6 nitrogen and oxygen atoms in total. The molecule has 2 aromatic carbocycles. The van der Waals surface area contributed by atoms with Crippen LogP contribution in [0.4, 0.5) is 24.7 Å². The number of fused-ring (bicyclic) bond motifs is 1. The van der Waals surface area contributed by atoms with Crippen molar-refractivity contribution in [3.63, 3.8) is 0 Å². The highest BCUT2D eigenvalue weighted by molar-refractivity contribution is 5.91. The molecule has 0 atom stereocenters. The van der Waals surface area contributed by atoms with E-state index >= 15 is 0 Å². The highest BCUT2D eigenvalue weighted by Gasteiger charge is 2.30. The van der Waals surface area contributed by atoms with Crippen molar-refractivity contribution in [1.29, 1.82) is 0 Å². The van der Waals surface area contributed by atoms with Crippen molar-refractivity contribution in [2.75, 3.05) is 5.32 Å². The number of aromatic nitrogens is 2. The average Bonchev–Trinajstić information content (AvgIpc) is 2.50. The Morgan fingerprint density at radius 1 is 0.923 bits per heavy atom. The Morgan fingerprint density at radius 3 is 2.15 bits per heavy atom. The number of hydrogen-bond acceptors (Lipinski definition) is 4. The third-order valence-corrected chi connectivity index (χ3v) is 3.60. The summed E-state index contributed by atoms with van der Waals surface area (Å²) in [5.74, 6) is 0.319. The summed E-state index contributed by atoms with van der Waals surface area (Å²) < 4.78 is 40.4. The molecule has 26 heavy (non-hydrogen) atoms. The second-order valence-electron chi connectivity index (χ2n) is 5.37. The monoisotopic (exact) mass is 369 g/mol. The van der Waals surface area contributed by atoms with Gasteiger partial charge in [0.25, 0.3) is 0 Å². The molecule has 5 N–H and O–H groups in total. The Morgan fingerprint density at radius 2 is 1.54 bits per heavy atom. The predicted molar refractivity (Wildman–Crippen MR) is 92.6 cm³/mol. The van der Waals surface area contributed by atoms with Crippen molar-refractivity contribution in [3.8, 4) is 5.75 Å². The van der Waals surface area contributed by atoms with E-state index in [0.717, 1.165) is 22.0 Å². The second-order valence-corrected chi connectivity index (χ2v) is 5.37. The Bertz CT molecular complexity index is 884. The van der Waals surface area contributed by atoms with Crippen LogP contribution in [0.15, 0.2) is 42.7 Å². The molecule has 0 bridgehead atoms. The van der Waals surface area contributed by atoms with Gasteiger partial charge in [0.15, 0.2) is 0 Å². The van der Waals surface area contributed by atoms with Crippen LogP contribution in [0.3, 0.4) is 0 Å². The van der Waals surface area contributed by atoms with E-state index in [1.165, 1.54) is 30.6 Å². The van der Waals surface area contributed by atoms with Gasteiger partial charge in [0.2, 0.25) is 0 Å². The molecule has 9 heteroatoms. The quantitative estimate of drug-likeness (QED) is 0.764. The van der Waals surface area contributed by atoms with Gasteiger partial charge in [-0.3, -0.25) is 0 Å². The fraction of sp³-hybridized carbons (Fsp3) is 0.176. The van der Waals surface area contributed by atoms with Crippen molar-refractivity contribution in [1.82, 2.24) is 9.97 Å². The van der Waals surface area contributed by atoms with E-state index in [0.29, 0.717) is 11.5 Å². The molecule has 140 valence electrons. The molecule has 1 aromatic heterocycles. The van der Waals surface area contributed by atoms with Crippen LogP contribution in [0, 0.1) is 13.8 Å². The van der Waals surface area contributed by atoms with Gasteiger partial charge in [-0.25, -0.2) is 9.97 Å². The molecule has 0 unspecified atom stereocenters. The molecule has 0 aliphatic heterocycles. The van der Waals surface area contributed by atoms with Crippen LogP contribution in [0.1, 0.15) is 11.1 Å². The smallest absolute Gasteiger partial charge is 0.412 e. The molecule has 0 amide bonds. The molecule has 0 saturated heterocycles. The first kappa shape index (κ1) is 21.1. The summed E-state index contributed by atoms with van der Waals surface area (Å²) >= 11 is 0. The normalized spacial score (nSPS) is 10.7. The number of ether oxygens (including phenoxy) is 1. The molecule has 3 rings (SSSR count). The molecule has 0 aliphatic carbocycles. The molecular formula is C17H18F3N3O3. The number of nitrogens with one attached hydrogen (secondary N) is 1. The van der Waals surface area contributed by atoms with Crippen molar-refractivity contribution >= 4 is 22.4 Å². The molecule has 0 radical (unpaired) electrons. The van der Waals surface area contributed by atoms with Gasteiger partial charge in [-0.05, 0) is 61.4 Å². The van der Waals surface area contributed by atoms with Crippen LogP contribution >= 0.6 is 0 Å². The number of rotatable bonds is 3. The molecule has 0 aliphatic rings. The number of hydrogen-bond donors (Lipinski definition) is 1. The minimum Gasteiger partial charge on any atom is -0.412 e. The zero-order chi connectivity index (χ0) is 17.3. The molecule has 0 fully saturated rings. The van der Waals surface area contributed by atoms with E-state index in [4.69, 9.17) is 0 Å². The van der Waals surface area contributed by atoms with Gasteiger partial charge in [-0.2, -0.15) is 0 Å². The van der Waals surface area contributed by atoms with Crippen molar-refractivity contribution in [3.05, 3.63) is 53.9 Å². The molecule has 3 aromatic rings. The minimum atomic E-state index is -4.70. The maximum Gasteiger partial charge on any atom is 0.573 e. The SMILES string of the molecule is Cc1cc2ncnc(Nc3ccc(OC(F)(F)F)cc3)c2cc1C.O.O. The molecule has 0 spiro atoms. The Hall–Kier alpha value is -2.91. The van der Waals surface area contributed by atoms with Crippen molar-refractivity contribution in [2.24, 2.45) is 0 Å². The van der Waals surface area contributed by atoms with E-state index in [9.17, 15) is 13.2 Å². The number of aryl methyl sites for hydroxylation is 2. The maximum absolute atomic E-state index is 12.2. The van der Waals surface area contributed by atoms with Crippen LogP contribution in [0.5, 0.6) is 5.75 Å².